The molecule has 0 spiro atoms. The summed E-state index contributed by atoms with van der Waals surface area (Å²) in [4.78, 5) is 24.2. The van der Waals surface area contributed by atoms with Crippen molar-refractivity contribution in [2.75, 3.05) is 13.2 Å². The molecule has 0 amide bonds. The van der Waals surface area contributed by atoms with Gasteiger partial charge in [-0.15, -0.1) is 15.7 Å². The molecule has 160 valence electrons. The van der Waals surface area contributed by atoms with Crippen LogP contribution in [0.2, 0.25) is 4.34 Å². The van der Waals surface area contributed by atoms with Gasteiger partial charge in [0.15, 0.2) is 0 Å². The van der Waals surface area contributed by atoms with Gasteiger partial charge in [-0.3, -0.25) is 4.79 Å². The molecular weight excluding hydrogens is 472 g/mol. The second-order valence-corrected chi connectivity index (χ2v) is 10.4. The van der Waals surface area contributed by atoms with Crippen molar-refractivity contribution in [3.8, 4) is 0 Å². The number of esters is 2. The van der Waals surface area contributed by atoms with Gasteiger partial charge in [-0.05, 0) is 44.2 Å². The third kappa shape index (κ3) is 4.91. The average Bonchev–Trinajstić information content (AvgIpc) is 3.26. The first-order valence-corrected chi connectivity index (χ1v) is 12.2. The second kappa shape index (κ2) is 9.29. The van der Waals surface area contributed by atoms with Gasteiger partial charge in [-0.1, -0.05) is 22.9 Å². The van der Waals surface area contributed by atoms with Gasteiger partial charge in [-0.2, -0.15) is 8.42 Å². The van der Waals surface area contributed by atoms with E-state index in [0.717, 1.165) is 22.7 Å². The summed E-state index contributed by atoms with van der Waals surface area (Å²) in [6, 6.07) is 7.58. The van der Waals surface area contributed by atoms with Gasteiger partial charge in [0.2, 0.25) is 4.80 Å². The van der Waals surface area contributed by atoms with Gasteiger partial charge in [0, 0.05) is 0 Å². The van der Waals surface area contributed by atoms with Crippen LogP contribution in [-0.4, -0.2) is 38.1 Å². The third-order valence-corrected chi connectivity index (χ3v) is 7.91. The molecule has 0 N–H and O–H groups in total. The quantitative estimate of drug-likeness (QED) is 0.472. The molecule has 30 heavy (non-hydrogen) atoms. The van der Waals surface area contributed by atoms with Crippen molar-refractivity contribution in [2.24, 2.45) is 4.40 Å². The minimum atomic E-state index is -4.04. The summed E-state index contributed by atoms with van der Waals surface area (Å²) in [6.07, 6.45) is 0. The normalized spacial score (nSPS) is 12.3. The number of rotatable bonds is 7. The summed E-state index contributed by atoms with van der Waals surface area (Å²) in [5, 5.41) is 0. The summed E-state index contributed by atoms with van der Waals surface area (Å²) in [5.74, 6) is -1.03. The number of carbonyl (C=O) groups excluding carboxylic acids is 2. The highest BCUT2D eigenvalue weighted by molar-refractivity contribution is 7.92. The maximum atomic E-state index is 12.7. The monoisotopic (exact) mass is 488 g/mol. The molecule has 8 nitrogen and oxygen atoms in total. The number of hydrogen-bond donors (Lipinski definition) is 0. The summed E-state index contributed by atoms with van der Waals surface area (Å²) in [7, 11) is -4.04. The van der Waals surface area contributed by atoms with Crippen LogP contribution in [-0.2, 0) is 30.8 Å². The van der Waals surface area contributed by atoms with E-state index >= 15 is 0 Å². The highest BCUT2D eigenvalue weighted by Gasteiger charge is 2.19. The van der Waals surface area contributed by atoms with Crippen LogP contribution < -0.4 is 4.80 Å². The molecule has 0 bridgehead atoms. The first-order chi connectivity index (χ1) is 14.2. The molecule has 1 aromatic carbocycles. The maximum absolute atomic E-state index is 12.7. The number of thiazole rings is 1. The molecular formula is C18H17ClN2O6S3. The van der Waals surface area contributed by atoms with Crippen molar-refractivity contribution >= 4 is 66.5 Å². The molecule has 0 saturated carbocycles. The fourth-order valence-corrected chi connectivity index (χ4v) is 6.29. The minimum absolute atomic E-state index is 0.0140. The fourth-order valence-electron chi connectivity index (χ4n) is 2.56. The van der Waals surface area contributed by atoms with Gasteiger partial charge in [0.05, 0.1) is 33.3 Å². The molecule has 3 aromatic rings. The van der Waals surface area contributed by atoms with Crippen LogP contribution in [0.4, 0.5) is 0 Å². The number of benzene rings is 1. The second-order valence-electron chi connectivity index (χ2n) is 5.80. The molecule has 0 aliphatic heterocycles. The number of aromatic nitrogens is 1. The van der Waals surface area contributed by atoms with Crippen molar-refractivity contribution in [3.63, 3.8) is 0 Å². The summed E-state index contributed by atoms with van der Waals surface area (Å²) in [6.45, 7) is 3.56. The van der Waals surface area contributed by atoms with Crippen LogP contribution in [0.15, 0.2) is 38.9 Å². The Morgan fingerprint density at radius 3 is 2.47 bits per heavy atom. The lowest BCUT2D eigenvalue weighted by Crippen LogP contribution is -2.23. The van der Waals surface area contributed by atoms with Gasteiger partial charge in [0.25, 0.3) is 10.0 Å². The van der Waals surface area contributed by atoms with Crippen LogP contribution in [0.25, 0.3) is 10.2 Å². The summed E-state index contributed by atoms with van der Waals surface area (Å²) < 4.78 is 41.6. The fraction of sp³-hybridized carbons (Fsp3) is 0.278. The van der Waals surface area contributed by atoms with E-state index in [4.69, 9.17) is 21.1 Å². The van der Waals surface area contributed by atoms with E-state index < -0.39 is 22.0 Å². The molecule has 0 aliphatic rings. The Balaban J connectivity index is 2.17. The number of halogens is 1. The van der Waals surface area contributed by atoms with Crippen molar-refractivity contribution < 1.29 is 27.5 Å². The lowest BCUT2D eigenvalue weighted by atomic mass is 10.2. The number of ether oxygens (including phenoxy) is 2. The summed E-state index contributed by atoms with van der Waals surface area (Å²) in [5.41, 5.74) is 0.854. The van der Waals surface area contributed by atoms with Crippen molar-refractivity contribution in [2.45, 2.75) is 24.6 Å². The van der Waals surface area contributed by atoms with E-state index in [1.54, 1.807) is 32.0 Å². The molecule has 0 aliphatic carbocycles. The smallest absolute Gasteiger partial charge is 0.338 e. The molecule has 0 unspecified atom stereocenters. The molecule has 0 saturated heterocycles. The zero-order valence-electron chi connectivity index (χ0n) is 16.0. The van der Waals surface area contributed by atoms with E-state index in [1.165, 1.54) is 16.7 Å². The Morgan fingerprint density at radius 2 is 1.83 bits per heavy atom. The van der Waals surface area contributed by atoms with Crippen LogP contribution in [0.1, 0.15) is 24.2 Å². The molecule has 2 aromatic heterocycles. The van der Waals surface area contributed by atoms with E-state index in [2.05, 4.69) is 4.40 Å². The Kier molecular flexibility index (Phi) is 6.96. The molecule has 0 radical (unpaired) electrons. The number of carbonyl (C=O) groups is 2. The highest BCUT2D eigenvalue weighted by Crippen LogP contribution is 2.27. The molecule has 3 rings (SSSR count). The third-order valence-electron chi connectivity index (χ3n) is 3.79. The molecule has 2 heterocycles. The Hall–Kier alpha value is -2.21. The first-order valence-electron chi connectivity index (χ1n) is 8.77. The number of hydrogen-bond acceptors (Lipinski definition) is 8. The molecule has 12 heteroatoms. The lowest BCUT2D eigenvalue weighted by Gasteiger charge is -2.06. The van der Waals surface area contributed by atoms with Gasteiger partial charge in [-0.25, -0.2) is 4.79 Å². The topological polar surface area (TPSA) is 104 Å². The van der Waals surface area contributed by atoms with Crippen molar-refractivity contribution in [3.05, 3.63) is 45.0 Å². The molecule has 0 fully saturated rings. The predicted octanol–water partition coefficient (Wildman–Crippen LogP) is 3.45. The average molecular weight is 489 g/mol. The standard InChI is InChI=1S/C18H17ClN2O6S3/c1-3-26-15(22)10-21-12-6-5-11(17(23)27-4-2)9-13(12)28-18(21)20-30(24,25)16-8-7-14(19)29-16/h5-9H,3-4,10H2,1-2H3/b20-18-. The zero-order valence-corrected chi connectivity index (χ0v) is 19.2. The maximum Gasteiger partial charge on any atom is 0.338 e. The minimum Gasteiger partial charge on any atom is -0.465 e. The Bertz CT molecular complexity index is 1270. The molecule has 0 atom stereocenters. The number of sulfonamides is 1. The number of fused-ring (bicyclic) bond motifs is 1. The van der Waals surface area contributed by atoms with Crippen LogP contribution in [0, 0.1) is 0 Å². The van der Waals surface area contributed by atoms with Crippen molar-refractivity contribution in [1.82, 2.24) is 4.57 Å². The van der Waals surface area contributed by atoms with Gasteiger partial charge >= 0.3 is 11.9 Å². The van der Waals surface area contributed by atoms with Gasteiger partial charge < -0.3 is 14.0 Å². The Labute approximate surface area is 185 Å². The zero-order chi connectivity index (χ0) is 21.9. The van der Waals surface area contributed by atoms with E-state index in [1.807, 2.05) is 0 Å². The van der Waals surface area contributed by atoms with Crippen LogP contribution in [0.3, 0.4) is 0 Å². The van der Waals surface area contributed by atoms with E-state index in [0.29, 0.717) is 20.1 Å². The number of nitrogens with zero attached hydrogens (tertiary/aromatic N) is 2. The highest BCUT2D eigenvalue weighted by atomic mass is 35.5. The van der Waals surface area contributed by atoms with Gasteiger partial charge in [0.1, 0.15) is 10.8 Å². The van der Waals surface area contributed by atoms with Crippen molar-refractivity contribution in [1.29, 1.82) is 0 Å². The van der Waals surface area contributed by atoms with E-state index in [-0.39, 0.29) is 28.8 Å². The predicted molar refractivity (Wildman–Crippen MR) is 114 cm³/mol. The number of thiophene rings is 1. The van der Waals surface area contributed by atoms with E-state index in [9.17, 15) is 18.0 Å². The van der Waals surface area contributed by atoms with Crippen LogP contribution in [0.5, 0.6) is 0 Å². The Morgan fingerprint density at radius 1 is 1.10 bits per heavy atom. The largest absolute Gasteiger partial charge is 0.465 e. The summed E-state index contributed by atoms with van der Waals surface area (Å²) >= 11 is 7.77. The SMILES string of the molecule is CCOC(=O)Cn1/c(=N/S(=O)(=O)c2ccc(Cl)s2)sc2cc(C(=O)OCC)ccc21. The first kappa shape index (κ1) is 22.5. The lowest BCUT2D eigenvalue weighted by molar-refractivity contribution is -0.143. The van der Waals surface area contributed by atoms with Crippen LogP contribution >= 0.6 is 34.3 Å².